The predicted molar refractivity (Wildman–Crippen MR) is 102 cm³/mol. The first-order valence-electron chi connectivity index (χ1n) is 9.05. The van der Waals surface area contributed by atoms with E-state index in [2.05, 4.69) is 9.97 Å². The van der Waals surface area contributed by atoms with Gasteiger partial charge in [0.2, 0.25) is 5.88 Å². The van der Waals surface area contributed by atoms with E-state index in [4.69, 9.17) is 18.6 Å². The maximum atomic E-state index is 12.2. The molecule has 8 heteroatoms. The zero-order chi connectivity index (χ0) is 19.3. The Bertz CT molecular complexity index is 928. The Balaban J connectivity index is 1.30. The van der Waals surface area contributed by atoms with Gasteiger partial charge in [-0.05, 0) is 13.0 Å². The number of carbonyl (C=O) groups excluding carboxylic acids is 1. The molecule has 0 N–H and O–H groups in total. The number of rotatable bonds is 6. The number of nitrogens with zero attached hydrogens (tertiary/aromatic N) is 2. The maximum Gasteiger partial charge on any atom is 0.341 e. The van der Waals surface area contributed by atoms with Crippen molar-refractivity contribution in [3.63, 3.8) is 0 Å². The summed E-state index contributed by atoms with van der Waals surface area (Å²) in [6.45, 7) is 3.48. The number of hydrogen-bond acceptors (Lipinski definition) is 8. The van der Waals surface area contributed by atoms with Crippen molar-refractivity contribution < 1.29 is 23.4 Å². The zero-order valence-electron chi connectivity index (χ0n) is 15.4. The Morgan fingerprint density at radius 1 is 1.32 bits per heavy atom. The Morgan fingerprint density at radius 2 is 2.18 bits per heavy atom. The van der Waals surface area contributed by atoms with Gasteiger partial charge in [0.25, 0.3) is 0 Å². The van der Waals surface area contributed by atoms with Crippen molar-refractivity contribution >= 4 is 17.3 Å². The molecular weight excluding hydrogens is 380 g/mol. The first-order valence-corrected chi connectivity index (χ1v) is 9.93. The molecule has 3 aromatic rings. The lowest BCUT2D eigenvalue weighted by Crippen LogP contribution is -2.26. The molecule has 28 heavy (non-hydrogen) atoms. The molecule has 1 aliphatic rings. The lowest BCUT2D eigenvalue weighted by atomic mass is 10.1. The summed E-state index contributed by atoms with van der Waals surface area (Å²) in [5, 5.41) is 2.83. The van der Waals surface area contributed by atoms with Crippen molar-refractivity contribution in [2.75, 3.05) is 13.2 Å². The monoisotopic (exact) mass is 400 g/mol. The van der Waals surface area contributed by atoms with E-state index < -0.39 is 5.97 Å². The van der Waals surface area contributed by atoms with Gasteiger partial charge in [-0.1, -0.05) is 0 Å². The van der Waals surface area contributed by atoms with Gasteiger partial charge in [-0.15, -0.1) is 11.3 Å². The molecule has 0 radical (unpaired) electrons. The van der Waals surface area contributed by atoms with Crippen LogP contribution < -0.4 is 4.74 Å². The molecule has 4 rings (SSSR count). The Morgan fingerprint density at radius 3 is 2.89 bits per heavy atom. The quantitative estimate of drug-likeness (QED) is 0.578. The smallest absolute Gasteiger partial charge is 0.341 e. The third-order valence-corrected chi connectivity index (χ3v) is 5.10. The summed E-state index contributed by atoms with van der Waals surface area (Å²) in [6.07, 6.45) is 4.92. The molecule has 4 heterocycles. The number of esters is 1. The van der Waals surface area contributed by atoms with Crippen LogP contribution in [-0.2, 0) is 16.1 Å². The molecular formula is C20H20N2O5S. The van der Waals surface area contributed by atoms with E-state index in [0.717, 1.165) is 36.6 Å². The van der Waals surface area contributed by atoms with E-state index in [1.807, 2.05) is 18.4 Å². The fourth-order valence-corrected chi connectivity index (χ4v) is 3.42. The summed E-state index contributed by atoms with van der Waals surface area (Å²) >= 11 is 1.53. The minimum atomic E-state index is -0.454. The summed E-state index contributed by atoms with van der Waals surface area (Å²) in [6, 6.07) is 5.27. The van der Waals surface area contributed by atoms with Crippen molar-refractivity contribution in [2.45, 2.75) is 32.5 Å². The van der Waals surface area contributed by atoms with Crippen LogP contribution >= 0.6 is 11.3 Å². The van der Waals surface area contributed by atoms with Crippen LogP contribution in [-0.4, -0.2) is 35.3 Å². The third-order valence-electron chi connectivity index (χ3n) is 4.33. The summed E-state index contributed by atoms with van der Waals surface area (Å²) in [4.78, 5) is 20.9. The number of carbonyl (C=O) groups is 1. The SMILES string of the molecule is Cc1nc(-c2cc(C(=O)OCc3ccc(OC4CCOCC4)nc3)co2)cs1. The highest BCUT2D eigenvalue weighted by atomic mass is 32.1. The van der Waals surface area contributed by atoms with Crippen LogP contribution in [0.4, 0.5) is 0 Å². The van der Waals surface area contributed by atoms with Gasteiger partial charge in [0.15, 0.2) is 5.76 Å². The summed E-state index contributed by atoms with van der Waals surface area (Å²) in [5.41, 5.74) is 1.85. The molecule has 0 bridgehead atoms. The molecule has 0 amide bonds. The van der Waals surface area contributed by atoms with Gasteiger partial charge in [-0.25, -0.2) is 14.8 Å². The molecule has 146 valence electrons. The van der Waals surface area contributed by atoms with Crippen LogP contribution in [0.3, 0.4) is 0 Å². The molecule has 0 spiro atoms. The van der Waals surface area contributed by atoms with Crippen molar-refractivity contribution in [1.82, 2.24) is 9.97 Å². The summed E-state index contributed by atoms with van der Waals surface area (Å²) in [5.74, 6) is 0.664. The van der Waals surface area contributed by atoms with Crippen molar-refractivity contribution in [3.8, 4) is 17.3 Å². The third kappa shape index (κ3) is 4.58. The highest BCUT2D eigenvalue weighted by Crippen LogP contribution is 2.24. The predicted octanol–water partition coefficient (Wildman–Crippen LogP) is 4.02. The molecule has 0 aromatic carbocycles. The molecule has 1 fully saturated rings. The minimum absolute atomic E-state index is 0.125. The van der Waals surface area contributed by atoms with E-state index in [-0.39, 0.29) is 12.7 Å². The van der Waals surface area contributed by atoms with Crippen molar-refractivity contribution in [1.29, 1.82) is 0 Å². The minimum Gasteiger partial charge on any atom is -0.474 e. The van der Waals surface area contributed by atoms with E-state index in [9.17, 15) is 4.79 Å². The zero-order valence-corrected chi connectivity index (χ0v) is 16.2. The van der Waals surface area contributed by atoms with Crippen molar-refractivity contribution in [2.24, 2.45) is 0 Å². The highest BCUT2D eigenvalue weighted by molar-refractivity contribution is 7.09. The molecule has 3 aromatic heterocycles. The van der Waals surface area contributed by atoms with Crippen LogP contribution in [0.25, 0.3) is 11.5 Å². The summed E-state index contributed by atoms with van der Waals surface area (Å²) < 4.78 is 21.9. The van der Waals surface area contributed by atoms with Crippen LogP contribution in [0, 0.1) is 6.92 Å². The van der Waals surface area contributed by atoms with E-state index in [1.165, 1.54) is 17.6 Å². The van der Waals surface area contributed by atoms with Gasteiger partial charge in [-0.3, -0.25) is 0 Å². The second-order valence-electron chi connectivity index (χ2n) is 6.46. The second-order valence-corrected chi connectivity index (χ2v) is 7.52. The number of furan rings is 1. The molecule has 7 nitrogen and oxygen atoms in total. The first-order chi connectivity index (χ1) is 13.7. The van der Waals surface area contributed by atoms with Gasteiger partial charge >= 0.3 is 5.97 Å². The number of aromatic nitrogens is 2. The fraction of sp³-hybridized carbons (Fsp3) is 0.350. The van der Waals surface area contributed by atoms with Gasteiger partial charge in [0.1, 0.15) is 24.7 Å². The van der Waals surface area contributed by atoms with Gasteiger partial charge in [0, 0.05) is 42.1 Å². The Labute approximate surface area is 166 Å². The van der Waals surface area contributed by atoms with Crippen LogP contribution in [0.2, 0.25) is 0 Å². The lowest BCUT2D eigenvalue weighted by molar-refractivity contribution is 0.0237. The molecule has 0 aliphatic carbocycles. The first kappa shape index (κ1) is 18.6. The lowest BCUT2D eigenvalue weighted by Gasteiger charge is -2.22. The topological polar surface area (TPSA) is 83.7 Å². The number of hydrogen-bond donors (Lipinski definition) is 0. The molecule has 0 atom stereocenters. The standard InChI is InChI=1S/C20H20N2O5S/c1-13-22-17(12-28-13)18-8-15(11-25-18)20(23)26-10-14-2-3-19(21-9-14)27-16-4-6-24-7-5-16/h2-3,8-9,11-12,16H,4-7,10H2,1H3. The van der Waals surface area contributed by atoms with Gasteiger partial charge in [-0.2, -0.15) is 0 Å². The number of ether oxygens (including phenoxy) is 3. The van der Waals surface area contributed by atoms with Gasteiger partial charge in [0.05, 0.1) is 23.8 Å². The van der Waals surface area contributed by atoms with Crippen LogP contribution in [0.1, 0.15) is 33.8 Å². The number of pyridine rings is 1. The van der Waals surface area contributed by atoms with E-state index >= 15 is 0 Å². The van der Waals surface area contributed by atoms with Crippen LogP contribution in [0.5, 0.6) is 5.88 Å². The molecule has 1 aliphatic heterocycles. The molecule has 0 unspecified atom stereocenters. The number of thiazole rings is 1. The average Bonchev–Trinajstić information content (AvgIpc) is 3.37. The fourth-order valence-electron chi connectivity index (χ4n) is 2.82. The van der Waals surface area contributed by atoms with Gasteiger partial charge < -0.3 is 18.6 Å². The van der Waals surface area contributed by atoms with E-state index in [1.54, 1.807) is 18.3 Å². The van der Waals surface area contributed by atoms with Crippen LogP contribution in [0.15, 0.2) is 40.5 Å². The summed E-state index contributed by atoms with van der Waals surface area (Å²) in [7, 11) is 0. The Hall–Kier alpha value is -2.71. The highest BCUT2D eigenvalue weighted by Gasteiger charge is 2.16. The molecule has 1 saturated heterocycles. The van der Waals surface area contributed by atoms with Crippen molar-refractivity contribution in [3.05, 3.63) is 52.2 Å². The second kappa shape index (κ2) is 8.53. The molecule has 0 saturated carbocycles. The number of aryl methyl sites for hydroxylation is 1. The Kier molecular flexibility index (Phi) is 5.68. The average molecular weight is 400 g/mol. The largest absolute Gasteiger partial charge is 0.474 e. The normalized spacial score (nSPS) is 14.8. The maximum absolute atomic E-state index is 12.2. The van der Waals surface area contributed by atoms with E-state index in [0.29, 0.717) is 22.9 Å².